The van der Waals surface area contributed by atoms with Crippen LogP contribution in [-0.2, 0) is 4.79 Å². The van der Waals surface area contributed by atoms with Gasteiger partial charge in [-0.1, -0.05) is 0 Å². The standard InChI is InChI=1S/C12H20N4O/c1-3-15(11-5-7-13-9-11)12(17)10(2)16-8-4-6-14-16/h4,6,8,10-11,13H,3,5,7,9H2,1-2H3. The molecule has 0 aliphatic carbocycles. The highest BCUT2D eigenvalue weighted by Gasteiger charge is 2.28. The molecule has 0 saturated carbocycles. The number of carbonyl (C=O) groups excluding carboxylic acids is 1. The molecule has 0 aromatic carbocycles. The van der Waals surface area contributed by atoms with E-state index >= 15 is 0 Å². The fourth-order valence-corrected chi connectivity index (χ4v) is 2.36. The second-order valence-corrected chi connectivity index (χ2v) is 4.43. The Balaban J connectivity index is 2.06. The Morgan fingerprint density at radius 2 is 2.53 bits per heavy atom. The Labute approximate surface area is 102 Å². The van der Waals surface area contributed by atoms with E-state index in [9.17, 15) is 4.79 Å². The Hall–Kier alpha value is -1.36. The van der Waals surface area contributed by atoms with E-state index in [0.717, 1.165) is 26.1 Å². The lowest BCUT2D eigenvalue weighted by Gasteiger charge is -2.29. The average molecular weight is 236 g/mol. The van der Waals surface area contributed by atoms with Crippen molar-refractivity contribution in [2.45, 2.75) is 32.4 Å². The molecular weight excluding hydrogens is 216 g/mol. The zero-order valence-corrected chi connectivity index (χ0v) is 10.5. The van der Waals surface area contributed by atoms with Crippen LogP contribution in [-0.4, -0.2) is 46.3 Å². The molecule has 1 N–H and O–H groups in total. The molecule has 0 bridgehead atoms. The monoisotopic (exact) mass is 236 g/mol. The maximum atomic E-state index is 12.4. The molecule has 2 unspecified atom stereocenters. The van der Waals surface area contributed by atoms with Gasteiger partial charge in [-0.3, -0.25) is 9.48 Å². The number of hydrogen-bond donors (Lipinski definition) is 1. The smallest absolute Gasteiger partial charge is 0.247 e. The first-order valence-corrected chi connectivity index (χ1v) is 6.24. The molecule has 94 valence electrons. The van der Waals surface area contributed by atoms with Crippen LogP contribution in [0.4, 0.5) is 0 Å². The molecule has 5 heteroatoms. The molecule has 0 spiro atoms. The predicted octanol–water partition coefficient (Wildman–Crippen LogP) is 0.654. The number of amides is 1. The van der Waals surface area contributed by atoms with Crippen molar-refractivity contribution in [3.63, 3.8) is 0 Å². The van der Waals surface area contributed by atoms with Crippen molar-refractivity contribution in [3.8, 4) is 0 Å². The van der Waals surface area contributed by atoms with Crippen LogP contribution in [0.3, 0.4) is 0 Å². The Bertz CT molecular complexity index is 357. The second-order valence-electron chi connectivity index (χ2n) is 4.43. The van der Waals surface area contributed by atoms with Gasteiger partial charge in [-0.05, 0) is 32.9 Å². The van der Waals surface area contributed by atoms with Crippen molar-refractivity contribution < 1.29 is 4.79 Å². The summed E-state index contributed by atoms with van der Waals surface area (Å²) in [5.41, 5.74) is 0. The van der Waals surface area contributed by atoms with Gasteiger partial charge in [-0.15, -0.1) is 0 Å². The molecule has 1 aromatic heterocycles. The maximum Gasteiger partial charge on any atom is 0.247 e. The van der Waals surface area contributed by atoms with E-state index in [1.807, 2.05) is 31.0 Å². The number of likely N-dealkylation sites (N-methyl/N-ethyl adjacent to an activating group) is 1. The van der Waals surface area contributed by atoms with Gasteiger partial charge in [-0.25, -0.2) is 0 Å². The van der Waals surface area contributed by atoms with E-state index < -0.39 is 0 Å². The molecule has 5 nitrogen and oxygen atoms in total. The third kappa shape index (κ3) is 2.49. The van der Waals surface area contributed by atoms with Gasteiger partial charge in [0.25, 0.3) is 0 Å². The van der Waals surface area contributed by atoms with Crippen molar-refractivity contribution >= 4 is 5.91 Å². The minimum atomic E-state index is -0.217. The molecule has 1 aromatic rings. The molecule has 1 aliphatic heterocycles. The summed E-state index contributed by atoms with van der Waals surface area (Å²) in [6, 6.07) is 1.97. The van der Waals surface area contributed by atoms with Crippen LogP contribution in [0, 0.1) is 0 Å². The number of nitrogens with zero attached hydrogens (tertiary/aromatic N) is 3. The number of carbonyl (C=O) groups is 1. The molecular formula is C12H20N4O. The SMILES string of the molecule is CCN(C(=O)C(C)n1cccn1)C1CCNC1. The molecule has 1 saturated heterocycles. The van der Waals surface area contributed by atoms with Crippen LogP contribution in [0.2, 0.25) is 0 Å². The minimum absolute atomic E-state index is 0.157. The van der Waals surface area contributed by atoms with Crippen molar-refractivity contribution in [3.05, 3.63) is 18.5 Å². The van der Waals surface area contributed by atoms with Gasteiger partial charge in [0.1, 0.15) is 6.04 Å². The highest BCUT2D eigenvalue weighted by Crippen LogP contribution is 2.15. The first kappa shape index (κ1) is 12.1. The van der Waals surface area contributed by atoms with Gasteiger partial charge in [0.15, 0.2) is 0 Å². The summed E-state index contributed by atoms with van der Waals surface area (Å²) in [6.07, 6.45) is 4.59. The lowest BCUT2D eigenvalue weighted by Crippen LogP contribution is -2.44. The first-order valence-electron chi connectivity index (χ1n) is 6.24. The van der Waals surface area contributed by atoms with Gasteiger partial charge < -0.3 is 10.2 Å². The molecule has 0 radical (unpaired) electrons. The summed E-state index contributed by atoms with van der Waals surface area (Å²) < 4.78 is 1.72. The number of hydrogen-bond acceptors (Lipinski definition) is 3. The van der Waals surface area contributed by atoms with Crippen LogP contribution in [0.15, 0.2) is 18.5 Å². The Morgan fingerprint density at radius 3 is 3.06 bits per heavy atom. The van der Waals surface area contributed by atoms with Crippen LogP contribution >= 0.6 is 0 Å². The highest BCUT2D eigenvalue weighted by atomic mass is 16.2. The summed E-state index contributed by atoms with van der Waals surface area (Å²) in [5.74, 6) is 0.157. The fraction of sp³-hybridized carbons (Fsp3) is 0.667. The summed E-state index contributed by atoms with van der Waals surface area (Å²) >= 11 is 0. The largest absolute Gasteiger partial charge is 0.337 e. The van der Waals surface area contributed by atoms with Gasteiger partial charge in [0.2, 0.25) is 5.91 Å². The molecule has 2 heterocycles. The van der Waals surface area contributed by atoms with E-state index in [1.54, 1.807) is 10.9 Å². The van der Waals surface area contributed by atoms with Crippen molar-refractivity contribution in [2.75, 3.05) is 19.6 Å². The molecule has 17 heavy (non-hydrogen) atoms. The van der Waals surface area contributed by atoms with Crippen LogP contribution < -0.4 is 5.32 Å². The lowest BCUT2D eigenvalue weighted by atomic mass is 10.2. The fourth-order valence-electron chi connectivity index (χ4n) is 2.36. The number of rotatable bonds is 4. The van der Waals surface area contributed by atoms with Gasteiger partial charge in [-0.2, -0.15) is 5.10 Å². The zero-order valence-electron chi connectivity index (χ0n) is 10.5. The van der Waals surface area contributed by atoms with Crippen molar-refractivity contribution in [1.82, 2.24) is 20.0 Å². The minimum Gasteiger partial charge on any atom is -0.337 e. The molecule has 1 amide bonds. The number of aromatic nitrogens is 2. The van der Waals surface area contributed by atoms with Crippen LogP contribution in [0.25, 0.3) is 0 Å². The van der Waals surface area contributed by atoms with E-state index in [0.29, 0.717) is 6.04 Å². The Kier molecular flexibility index (Phi) is 3.78. The van der Waals surface area contributed by atoms with E-state index in [-0.39, 0.29) is 11.9 Å². The summed E-state index contributed by atoms with van der Waals surface area (Å²) in [5, 5.41) is 7.43. The van der Waals surface area contributed by atoms with Crippen LogP contribution in [0.5, 0.6) is 0 Å². The summed E-state index contributed by atoms with van der Waals surface area (Å²) in [4.78, 5) is 14.4. The summed E-state index contributed by atoms with van der Waals surface area (Å²) in [6.45, 7) is 6.61. The zero-order chi connectivity index (χ0) is 12.3. The third-order valence-electron chi connectivity index (χ3n) is 3.38. The first-order chi connectivity index (χ1) is 8.24. The maximum absolute atomic E-state index is 12.4. The molecule has 2 rings (SSSR count). The average Bonchev–Trinajstić information content (AvgIpc) is 3.01. The normalized spacial score (nSPS) is 21.4. The lowest BCUT2D eigenvalue weighted by molar-refractivity contribution is -0.136. The molecule has 1 fully saturated rings. The second kappa shape index (κ2) is 5.31. The van der Waals surface area contributed by atoms with Gasteiger partial charge in [0.05, 0.1) is 0 Å². The molecule has 2 atom stereocenters. The Morgan fingerprint density at radius 1 is 1.71 bits per heavy atom. The predicted molar refractivity (Wildman–Crippen MR) is 65.6 cm³/mol. The third-order valence-corrected chi connectivity index (χ3v) is 3.38. The van der Waals surface area contributed by atoms with Gasteiger partial charge >= 0.3 is 0 Å². The van der Waals surface area contributed by atoms with Crippen molar-refractivity contribution in [1.29, 1.82) is 0 Å². The van der Waals surface area contributed by atoms with E-state index in [1.165, 1.54) is 0 Å². The van der Waals surface area contributed by atoms with Gasteiger partial charge in [0, 0.05) is 31.5 Å². The number of nitrogens with one attached hydrogen (secondary N) is 1. The van der Waals surface area contributed by atoms with Crippen LogP contribution in [0.1, 0.15) is 26.3 Å². The molecule has 1 aliphatic rings. The quantitative estimate of drug-likeness (QED) is 0.835. The summed E-state index contributed by atoms with van der Waals surface area (Å²) in [7, 11) is 0. The highest BCUT2D eigenvalue weighted by molar-refractivity contribution is 5.80. The van der Waals surface area contributed by atoms with E-state index in [4.69, 9.17) is 0 Å². The van der Waals surface area contributed by atoms with Crippen molar-refractivity contribution in [2.24, 2.45) is 0 Å². The topological polar surface area (TPSA) is 50.2 Å². The van der Waals surface area contributed by atoms with E-state index in [2.05, 4.69) is 10.4 Å².